The van der Waals surface area contributed by atoms with Crippen molar-refractivity contribution in [3.8, 4) is 0 Å². The van der Waals surface area contributed by atoms with Gasteiger partial charge >= 0.3 is 0 Å². The van der Waals surface area contributed by atoms with Crippen molar-refractivity contribution in [2.75, 3.05) is 5.32 Å². The van der Waals surface area contributed by atoms with Crippen LogP contribution < -0.4 is 5.32 Å². The monoisotopic (exact) mass is 315 g/mol. The molecule has 0 aromatic heterocycles. The molecule has 0 aliphatic heterocycles. The fourth-order valence-corrected chi connectivity index (χ4v) is 4.75. The number of hydrogen-bond acceptors (Lipinski definition) is 1. The number of nitrogens with one attached hydrogen (secondary N) is 1. The fraction of sp³-hybridized carbons (Fsp3) is 0.625. The first-order valence-corrected chi connectivity index (χ1v) is 7.92. The van der Waals surface area contributed by atoms with Gasteiger partial charge in [0.2, 0.25) is 0 Å². The second-order valence-electron chi connectivity index (χ2n) is 7.06. The molecule has 1 N–H and O–H groups in total. The molecule has 0 heterocycles. The van der Waals surface area contributed by atoms with Crippen molar-refractivity contribution in [2.24, 2.45) is 16.7 Å². The van der Waals surface area contributed by atoms with Gasteiger partial charge in [-0.25, -0.2) is 4.39 Å². The maximum Gasteiger partial charge on any atom is 0.160 e. The Morgan fingerprint density at radius 1 is 1.20 bits per heavy atom. The van der Waals surface area contributed by atoms with E-state index in [0.29, 0.717) is 11.5 Å². The van der Waals surface area contributed by atoms with E-state index < -0.39 is 5.82 Å². The van der Waals surface area contributed by atoms with Crippen LogP contribution in [0.4, 0.5) is 10.1 Å². The van der Waals surface area contributed by atoms with E-state index in [2.05, 4.69) is 26.1 Å². The topological polar surface area (TPSA) is 12.0 Å². The summed E-state index contributed by atoms with van der Waals surface area (Å²) < 4.78 is 13.5. The molecule has 3 unspecified atom stereocenters. The summed E-state index contributed by atoms with van der Waals surface area (Å²) >= 11 is 11.7. The van der Waals surface area contributed by atoms with Gasteiger partial charge in [-0.1, -0.05) is 44.0 Å². The second-order valence-corrected chi connectivity index (χ2v) is 7.88. The van der Waals surface area contributed by atoms with Crippen molar-refractivity contribution >= 4 is 28.9 Å². The van der Waals surface area contributed by atoms with Crippen LogP contribution in [-0.2, 0) is 0 Å². The first kappa shape index (κ1) is 14.5. The van der Waals surface area contributed by atoms with Crippen molar-refractivity contribution in [3.05, 3.63) is 28.0 Å². The van der Waals surface area contributed by atoms with E-state index in [1.165, 1.54) is 12.8 Å². The predicted octanol–water partition coefficient (Wildman–Crippen LogP) is 5.76. The van der Waals surface area contributed by atoms with E-state index in [0.717, 1.165) is 18.0 Å². The van der Waals surface area contributed by atoms with Gasteiger partial charge in [-0.15, -0.1) is 0 Å². The highest BCUT2D eigenvalue weighted by Gasteiger charge is 2.61. The van der Waals surface area contributed by atoms with Gasteiger partial charge in [-0.2, -0.15) is 0 Å². The molecule has 3 atom stereocenters. The van der Waals surface area contributed by atoms with E-state index in [-0.39, 0.29) is 15.5 Å². The van der Waals surface area contributed by atoms with Crippen LogP contribution in [0.1, 0.15) is 40.0 Å². The summed E-state index contributed by atoms with van der Waals surface area (Å²) in [4.78, 5) is 0. The summed E-state index contributed by atoms with van der Waals surface area (Å²) in [5.74, 6) is 0.217. The molecule has 3 rings (SSSR count). The molecule has 0 spiro atoms. The molecule has 0 saturated heterocycles. The van der Waals surface area contributed by atoms with E-state index in [1.54, 1.807) is 12.1 Å². The van der Waals surface area contributed by atoms with E-state index in [9.17, 15) is 4.39 Å². The fourth-order valence-electron chi connectivity index (χ4n) is 4.26. The highest BCUT2D eigenvalue weighted by molar-refractivity contribution is 6.35. The minimum absolute atomic E-state index is 0.0765. The van der Waals surface area contributed by atoms with Gasteiger partial charge in [0.15, 0.2) is 5.82 Å². The summed E-state index contributed by atoms with van der Waals surface area (Å²) in [6.45, 7) is 7.11. The summed E-state index contributed by atoms with van der Waals surface area (Å²) in [5, 5.41) is 3.69. The predicted molar refractivity (Wildman–Crippen MR) is 83.1 cm³/mol. The maximum absolute atomic E-state index is 13.5. The third-order valence-electron chi connectivity index (χ3n) is 6.12. The Labute approximate surface area is 129 Å². The molecule has 2 saturated carbocycles. The Kier molecular flexibility index (Phi) is 3.26. The van der Waals surface area contributed by atoms with Crippen molar-refractivity contribution in [3.63, 3.8) is 0 Å². The van der Waals surface area contributed by atoms with E-state index in [1.807, 2.05) is 0 Å². The molecule has 1 nitrogen and oxygen atoms in total. The molecule has 2 aliphatic rings. The van der Waals surface area contributed by atoms with E-state index in [4.69, 9.17) is 23.2 Å². The number of halogens is 3. The van der Waals surface area contributed by atoms with Gasteiger partial charge in [0.25, 0.3) is 0 Å². The zero-order valence-electron chi connectivity index (χ0n) is 12.1. The second kappa shape index (κ2) is 4.51. The Balaban J connectivity index is 1.87. The molecule has 20 heavy (non-hydrogen) atoms. The first-order chi connectivity index (χ1) is 9.25. The average molecular weight is 316 g/mol. The molecule has 1 aromatic carbocycles. The SMILES string of the molecule is CC1(C)C2CCC1(C)C(Nc1cc(Cl)c(F)c(Cl)c1)C2. The van der Waals surface area contributed by atoms with Crippen LogP contribution in [0, 0.1) is 22.6 Å². The zero-order chi connectivity index (χ0) is 14.7. The molecule has 110 valence electrons. The van der Waals surface area contributed by atoms with Crippen LogP contribution in [-0.4, -0.2) is 6.04 Å². The Bertz CT molecular complexity index is 534. The van der Waals surface area contributed by atoms with Crippen LogP contribution >= 0.6 is 23.2 Å². The van der Waals surface area contributed by atoms with Crippen LogP contribution in [0.2, 0.25) is 10.0 Å². The molecule has 2 fully saturated rings. The Morgan fingerprint density at radius 3 is 2.25 bits per heavy atom. The average Bonchev–Trinajstić information content (AvgIpc) is 2.69. The van der Waals surface area contributed by atoms with Crippen LogP contribution in [0.25, 0.3) is 0 Å². The number of rotatable bonds is 2. The molecule has 0 radical (unpaired) electrons. The van der Waals surface area contributed by atoms with Gasteiger partial charge in [-0.3, -0.25) is 0 Å². The maximum atomic E-state index is 13.5. The summed E-state index contributed by atoms with van der Waals surface area (Å²) in [7, 11) is 0. The highest BCUT2D eigenvalue weighted by atomic mass is 35.5. The number of fused-ring (bicyclic) bond motifs is 2. The van der Waals surface area contributed by atoms with Crippen LogP contribution in [0.3, 0.4) is 0 Å². The van der Waals surface area contributed by atoms with Crippen molar-refractivity contribution in [2.45, 2.75) is 46.1 Å². The number of hydrogen-bond donors (Lipinski definition) is 1. The lowest BCUT2D eigenvalue weighted by molar-refractivity contribution is 0.142. The lowest BCUT2D eigenvalue weighted by Gasteiger charge is -2.40. The smallest absolute Gasteiger partial charge is 0.160 e. The van der Waals surface area contributed by atoms with Crippen LogP contribution in [0.15, 0.2) is 12.1 Å². The first-order valence-electron chi connectivity index (χ1n) is 7.17. The lowest BCUT2D eigenvalue weighted by Crippen LogP contribution is -2.40. The normalized spacial score (nSPS) is 34.5. The van der Waals surface area contributed by atoms with E-state index >= 15 is 0 Å². The molecule has 2 aliphatic carbocycles. The molecule has 1 aromatic rings. The summed E-state index contributed by atoms with van der Waals surface area (Å²) in [6.07, 6.45) is 3.72. The third kappa shape index (κ3) is 1.88. The van der Waals surface area contributed by atoms with Gasteiger partial charge in [0.05, 0.1) is 10.0 Å². The summed E-state index contributed by atoms with van der Waals surface area (Å²) in [5.41, 5.74) is 1.43. The van der Waals surface area contributed by atoms with Crippen molar-refractivity contribution < 1.29 is 4.39 Å². The van der Waals surface area contributed by atoms with Crippen molar-refractivity contribution in [1.29, 1.82) is 0 Å². The zero-order valence-corrected chi connectivity index (χ0v) is 13.6. The van der Waals surface area contributed by atoms with Crippen molar-refractivity contribution in [1.82, 2.24) is 0 Å². The quantitative estimate of drug-likeness (QED) is 0.684. The van der Waals surface area contributed by atoms with Gasteiger partial charge in [0, 0.05) is 11.7 Å². The summed E-state index contributed by atoms with van der Waals surface area (Å²) in [6, 6.07) is 3.66. The Morgan fingerprint density at radius 2 is 1.80 bits per heavy atom. The van der Waals surface area contributed by atoms with Gasteiger partial charge < -0.3 is 5.32 Å². The molecule has 4 heteroatoms. The number of benzene rings is 1. The Hall–Kier alpha value is -0.470. The van der Waals surface area contributed by atoms with Gasteiger partial charge in [0.1, 0.15) is 0 Å². The molecular weight excluding hydrogens is 296 g/mol. The molecule has 0 amide bonds. The molecular formula is C16H20Cl2FN. The standard InChI is InChI=1S/C16H20Cl2FN/c1-15(2)9-4-5-16(15,3)13(6-9)20-10-7-11(17)14(19)12(18)8-10/h7-9,13,20H,4-6H2,1-3H3. The largest absolute Gasteiger partial charge is 0.382 e. The highest BCUT2D eigenvalue weighted by Crippen LogP contribution is 2.65. The van der Waals surface area contributed by atoms with Crippen LogP contribution in [0.5, 0.6) is 0 Å². The molecule has 2 bridgehead atoms. The minimum atomic E-state index is -0.543. The minimum Gasteiger partial charge on any atom is -0.382 e. The third-order valence-corrected chi connectivity index (χ3v) is 6.67. The lowest BCUT2D eigenvalue weighted by atomic mass is 9.69. The number of anilines is 1. The van der Waals surface area contributed by atoms with Gasteiger partial charge in [-0.05, 0) is 48.1 Å².